The summed E-state index contributed by atoms with van der Waals surface area (Å²) in [6.45, 7) is 3.96. The molecule has 4 atom stereocenters. The zero-order valence-corrected chi connectivity index (χ0v) is 17.5. The van der Waals surface area contributed by atoms with Crippen molar-refractivity contribution in [1.82, 2.24) is 5.32 Å². The maximum Gasteiger partial charge on any atom is 0.251 e. The van der Waals surface area contributed by atoms with E-state index in [-0.39, 0.29) is 17.2 Å². The molecule has 0 aromatic heterocycles. The first-order valence-electron chi connectivity index (χ1n) is 10.6. The molecule has 4 nitrogen and oxygen atoms in total. The summed E-state index contributed by atoms with van der Waals surface area (Å²) in [5.74, 6) is 0.200. The second kappa shape index (κ2) is 6.96. The zero-order valence-electron chi connectivity index (χ0n) is 17.5. The highest BCUT2D eigenvalue weighted by Crippen LogP contribution is 2.59. The maximum atomic E-state index is 12.1. The Kier molecular flexibility index (Phi) is 4.83. The van der Waals surface area contributed by atoms with Crippen molar-refractivity contribution in [2.75, 3.05) is 7.05 Å². The Balaban J connectivity index is 1.79. The topological polar surface area (TPSA) is 69.6 Å². The van der Waals surface area contributed by atoms with Crippen LogP contribution in [0.5, 0.6) is 0 Å². The first kappa shape index (κ1) is 20.1. The SMILES string of the molecule is CCC12CC(C)(O)C(O)(c3ccccc3)C[C@H]1CCc1cc(C(=O)NC)ccc12. The molecule has 29 heavy (non-hydrogen) atoms. The van der Waals surface area contributed by atoms with Crippen molar-refractivity contribution in [3.05, 3.63) is 70.8 Å². The highest BCUT2D eigenvalue weighted by atomic mass is 16.4. The summed E-state index contributed by atoms with van der Waals surface area (Å²) in [6, 6.07) is 15.6. The van der Waals surface area contributed by atoms with Gasteiger partial charge in [-0.25, -0.2) is 0 Å². The predicted octanol–water partition coefficient (Wildman–Crippen LogP) is 3.69. The fraction of sp³-hybridized carbons (Fsp3) is 0.480. The molecule has 2 aromatic rings. The molecule has 0 bridgehead atoms. The van der Waals surface area contributed by atoms with E-state index >= 15 is 0 Å². The number of aliphatic hydroxyl groups is 2. The number of rotatable bonds is 3. The summed E-state index contributed by atoms with van der Waals surface area (Å²) in [5, 5.41) is 26.0. The van der Waals surface area contributed by atoms with Crippen molar-refractivity contribution >= 4 is 5.91 Å². The molecular formula is C25H31NO3. The van der Waals surface area contributed by atoms with Gasteiger partial charge in [0.2, 0.25) is 0 Å². The van der Waals surface area contributed by atoms with Crippen LogP contribution in [0.1, 0.15) is 66.6 Å². The monoisotopic (exact) mass is 393 g/mol. The number of hydrogen-bond donors (Lipinski definition) is 3. The van der Waals surface area contributed by atoms with Crippen LogP contribution in [0.4, 0.5) is 0 Å². The Bertz CT molecular complexity index is 923. The standard InChI is InChI=1S/C25H31NO3/c1-4-24-16-23(2,28)25(29,19-8-6-5-7-9-19)15-20(24)12-10-17-14-18(22(27)26-3)11-13-21(17)24/h5-9,11,13-14,20,28-29H,4,10,12,15-16H2,1-3H3,(H,26,27)/t20-,23?,24?,25?/m1/s1. The Hall–Kier alpha value is -2.17. The van der Waals surface area contributed by atoms with E-state index in [9.17, 15) is 15.0 Å². The lowest BCUT2D eigenvalue weighted by Crippen LogP contribution is -2.62. The Labute approximate surface area is 173 Å². The first-order chi connectivity index (χ1) is 13.8. The average Bonchev–Trinajstić information content (AvgIpc) is 2.74. The van der Waals surface area contributed by atoms with Crippen LogP contribution in [0.25, 0.3) is 0 Å². The van der Waals surface area contributed by atoms with Crippen LogP contribution in [0.2, 0.25) is 0 Å². The summed E-state index contributed by atoms with van der Waals surface area (Å²) in [7, 11) is 1.65. The molecule has 4 rings (SSSR count). The van der Waals surface area contributed by atoms with Gasteiger partial charge in [0, 0.05) is 18.0 Å². The number of hydrogen-bond acceptors (Lipinski definition) is 3. The zero-order chi connectivity index (χ0) is 20.9. The fourth-order valence-electron chi connectivity index (χ4n) is 6.02. The van der Waals surface area contributed by atoms with Gasteiger partial charge in [-0.1, -0.05) is 43.3 Å². The minimum absolute atomic E-state index is 0.0745. The van der Waals surface area contributed by atoms with Gasteiger partial charge < -0.3 is 15.5 Å². The summed E-state index contributed by atoms with van der Waals surface area (Å²) >= 11 is 0. The van der Waals surface area contributed by atoms with Crippen molar-refractivity contribution in [3.63, 3.8) is 0 Å². The van der Waals surface area contributed by atoms with Crippen LogP contribution >= 0.6 is 0 Å². The summed E-state index contributed by atoms with van der Waals surface area (Å²) < 4.78 is 0. The van der Waals surface area contributed by atoms with E-state index in [4.69, 9.17) is 0 Å². The molecule has 2 aromatic carbocycles. The van der Waals surface area contributed by atoms with Crippen LogP contribution in [0, 0.1) is 5.92 Å². The molecule has 0 spiro atoms. The molecule has 2 aliphatic carbocycles. The minimum Gasteiger partial charge on any atom is -0.387 e. The average molecular weight is 394 g/mol. The van der Waals surface area contributed by atoms with E-state index in [1.807, 2.05) is 42.5 Å². The molecule has 2 aliphatic rings. The third-order valence-electron chi connectivity index (χ3n) is 7.65. The van der Waals surface area contributed by atoms with Crippen molar-refractivity contribution in [1.29, 1.82) is 0 Å². The van der Waals surface area contributed by atoms with Gasteiger partial charge in [-0.15, -0.1) is 0 Å². The highest BCUT2D eigenvalue weighted by molar-refractivity contribution is 5.94. The van der Waals surface area contributed by atoms with Gasteiger partial charge in [-0.05, 0) is 73.8 Å². The quantitative estimate of drug-likeness (QED) is 0.745. The van der Waals surface area contributed by atoms with E-state index in [1.165, 1.54) is 11.1 Å². The molecule has 1 saturated carbocycles. The lowest BCUT2D eigenvalue weighted by atomic mass is 9.49. The highest BCUT2D eigenvalue weighted by Gasteiger charge is 2.60. The molecule has 3 N–H and O–H groups in total. The molecular weight excluding hydrogens is 362 g/mol. The van der Waals surface area contributed by atoms with Gasteiger partial charge in [0.15, 0.2) is 0 Å². The van der Waals surface area contributed by atoms with Gasteiger partial charge in [0.1, 0.15) is 5.60 Å². The van der Waals surface area contributed by atoms with Crippen LogP contribution in [-0.4, -0.2) is 28.8 Å². The molecule has 0 heterocycles. The van der Waals surface area contributed by atoms with Crippen LogP contribution in [0.15, 0.2) is 48.5 Å². The maximum absolute atomic E-state index is 12.1. The number of fused-ring (bicyclic) bond motifs is 3. The van der Waals surface area contributed by atoms with Crippen LogP contribution in [-0.2, 0) is 17.4 Å². The molecule has 0 saturated heterocycles. The van der Waals surface area contributed by atoms with E-state index < -0.39 is 11.2 Å². The first-order valence-corrected chi connectivity index (χ1v) is 10.6. The van der Waals surface area contributed by atoms with Crippen molar-refractivity contribution in [3.8, 4) is 0 Å². The number of carbonyl (C=O) groups is 1. The van der Waals surface area contributed by atoms with Gasteiger partial charge in [0.25, 0.3) is 5.91 Å². The number of benzene rings is 2. The number of carbonyl (C=O) groups excluding carboxylic acids is 1. The van der Waals surface area contributed by atoms with Crippen molar-refractivity contribution < 1.29 is 15.0 Å². The molecule has 1 fully saturated rings. The smallest absolute Gasteiger partial charge is 0.251 e. The van der Waals surface area contributed by atoms with Gasteiger partial charge in [-0.2, -0.15) is 0 Å². The van der Waals surface area contributed by atoms with Gasteiger partial charge in [0.05, 0.1) is 5.60 Å². The minimum atomic E-state index is -1.27. The van der Waals surface area contributed by atoms with Gasteiger partial charge >= 0.3 is 0 Å². The van der Waals surface area contributed by atoms with Crippen LogP contribution < -0.4 is 5.32 Å². The largest absolute Gasteiger partial charge is 0.387 e. The third-order valence-corrected chi connectivity index (χ3v) is 7.65. The molecule has 4 heteroatoms. The summed E-state index contributed by atoms with van der Waals surface area (Å²) in [5.41, 5.74) is 1.19. The van der Waals surface area contributed by atoms with E-state index in [0.717, 1.165) is 24.8 Å². The third kappa shape index (κ3) is 2.92. The van der Waals surface area contributed by atoms with Gasteiger partial charge in [-0.3, -0.25) is 4.79 Å². The molecule has 154 valence electrons. The second-order valence-electron chi connectivity index (χ2n) is 9.08. The van der Waals surface area contributed by atoms with Crippen molar-refractivity contribution in [2.45, 2.75) is 62.6 Å². The molecule has 0 radical (unpaired) electrons. The lowest BCUT2D eigenvalue weighted by Gasteiger charge is -2.59. The molecule has 0 aliphatic heterocycles. The fourth-order valence-corrected chi connectivity index (χ4v) is 6.02. The van der Waals surface area contributed by atoms with E-state index in [1.54, 1.807) is 14.0 Å². The van der Waals surface area contributed by atoms with Crippen molar-refractivity contribution in [2.24, 2.45) is 5.92 Å². The Morgan fingerprint density at radius 2 is 1.90 bits per heavy atom. The Morgan fingerprint density at radius 3 is 2.55 bits per heavy atom. The normalized spacial score (nSPS) is 33.5. The van der Waals surface area contributed by atoms with Crippen LogP contribution in [0.3, 0.4) is 0 Å². The number of nitrogens with one attached hydrogen (secondary N) is 1. The van der Waals surface area contributed by atoms with E-state index in [2.05, 4.69) is 18.3 Å². The van der Waals surface area contributed by atoms with E-state index in [0.29, 0.717) is 18.4 Å². The summed E-state index contributed by atoms with van der Waals surface area (Å²) in [4.78, 5) is 12.1. The molecule has 1 amide bonds. The molecule has 3 unspecified atom stereocenters. The Morgan fingerprint density at radius 1 is 1.17 bits per heavy atom. The number of amides is 1. The summed E-state index contributed by atoms with van der Waals surface area (Å²) in [6.07, 6.45) is 3.77. The lowest BCUT2D eigenvalue weighted by molar-refractivity contribution is -0.205. The predicted molar refractivity (Wildman–Crippen MR) is 114 cm³/mol. The number of aryl methyl sites for hydroxylation is 1. The second-order valence-corrected chi connectivity index (χ2v) is 9.08.